The fourth-order valence-corrected chi connectivity index (χ4v) is 2.89. The number of thiazole rings is 1. The van der Waals surface area contributed by atoms with E-state index in [2.05, 4.69) is 35.3 Å². The third-order valence-electron chi connectivity index (χ3n) is 2.44. The van der Waals surface area contributed by atoms with Crippen LogP contribution < -0.4 is 0 Å². The van der Waals surface area contributed by atoms with Crippen molar-refractivity contribution in [1.82, 2.24) is 14.6 Å². The molecule has 0 aliphatic rings. The third-order valence-corrected chi connectivity index (χ3v) is 4.56. The summed E-state index contributed by atoms with van der Waals surface area (Å²) in [6, 6.07) is 0. The van der Waals surface area contributed by atoms with Gasteiger partial charge in [-0.15, -0.1) is 16.4 Å². The van der Waals surface area contributed by atoms with Crippen LogP contribution in [0.4, 0.5) is 0 Å². The van der Waals surface area contributed by atoms with E-state index in [4.69, 9.17) is 0 Å². The summed E-state index contributed by atoms with van der Waals surface area (Å²) in [5.41, 5.74) is 1.47. The first-order valence-corrected chi connectivity index (χ1v) is 7.50. The van der Waals surface area contributed by atoms with Crippen LogP contribution in [0.15, 0.2) is 11.5 Å². The highest BCUT2D eigenvalue weighted by molar-refractivity contribution is 7.14. The molecule has 4 nitrogen and oxygen atoms in total. The lowest BCUT2D eigenvalue weighted by molar-refractivity contribution is 0.105. The van der Waals surface area contributed by atoms with Crippen LogP contribution in [0.1, 0.15) is 46.8 Å². The number of nitrogens with zero attached hydrogens (tertiary/aromatic N) is 3. The fourth-order valence-electron chi connectivity index (χ4n) is 1.43. The van der Waals surface area contributed by atoms with Crippen LogP contribution in [0.25, 0.3) is 6.08 Å². The molecule has 0 N–H and O–H groups in total. The van der Waals surface area contributed by atoms with Gasteiger partial charge in [-0.25, -0.2) is 4.98 Å². The Morgan fingerprint density at radius 2 is 2.11 bits per heavy atom. The molecule has 0 fully saturated rings. The van der Waals surface area contributed by atoms with E-state index in [1.807, 2.05) is 6.92 Å². The summed E-state index contributed by atoms with van der Waals surface area (Å²) in [5, 5.41) is 6.64. The Kier molecular flexibility index (Phi) is 3.91. The van der Waals surface area contributed by atoms with Gasteiger partial charge in [0, 0.05) is 10.8 Å². The smallest absolute Gasteiger partial charge is 0.197 e. The second kappa shape index (κ2) is 5.30. The molecule has 6 heteroatoms. The van der Waals surface area contributed by atoms with Crippen molar-refractivity contribution in [2.24, 2.45) is 0 Å². The molecule has 0 saturated carbocycles. The van der Waals surface area contributed by atoms with Gasteiger partial charge < -0.3 is 0 Å². The highest BCUT2D eigenvalue weighted by Crippen LogP contribution is 2.29. The molecule has 0 bridgehead atoms. The van der Waals surface area contributed by atoms with Crippen molar-refractivity contribution in [2.45, 2.75) is 33.1 Å². The lowest BCUT2D eigenvalue weighted by Gasteiger charge is -2.13. The molecular weight excluding hydrogens is 278 g/mol. The average molecular weight is 293 g/mol. The van der Waals surface area contributed by atoms with Crippen LogP contribution in [0.3, 0.4) is 0 Å². The van der Waals surface area contributed by atoms with Crippen LogP contribution in [-0.2, 0) is 5.41 Å². The van der Waals surface area contributed by atoms with Gasteiger partial charge in [-0.3, -0.25) is 4.79 Å². The van der Waals surface area contributed by atoms with E-state index in [0.29, 0.717) is 10.6 Å². The van der Waals surface area contributed by atoms with Crippen molar-refractivity contribution in [2.75, 3.05) is 0 Å². The first-order chi connectivity index (χ1) is 8.88. The number of ketones is 1. The van der Waals surface area contributed by atoms with Crippen molar-refractivity contribution in [3.05, 3.63) is 32.7 Å². The maximum absolute atomic E-state index is 12.1. The number of aryl methyl sites for hydroxylation is 1. The number of hydrogen-bond acceptors (Lipinski definition) is 6. The number of carbonyl (C=O) groups excluding carboxylic acids is 1. The van der Waals surface area contributed by atoms with Crippen LogP contribution in [0, 0.1) is 6.92 Å². The van der Waals surface area contributed by atoms with Gasteiger partial charge in [0.25, 0.3) is 0 Å². The normalized spacial score (nSPS) is 12.2. The quantitative estimate of drug-likeness (QED) is 0.642. The Hall–Kier alpha value is -1.40. The molecule has 0 amide bonds. The molecule has 0 aromatic carbocycles. The molecule has 0 aliphatic carbocycles. The molecule has 100 valence electrons. The number of allylic oxidation sites excluding steroid dienone is 1. The Morgan fingerprint density at radius 1 is 1.37 bits per heavy atom. The minimum absolute atomic E-state index is 0.0292. The van der Waals surface area contributed by atoms with Crippen LogP contribution in [0.2, 0.25) is 0 Å². The van der Waals surface area contributed by atoms with Gasteiger partial charge in [0.05, 0.1) is 21.3 Å². The minimum Gasteiger partial charge on any atom is -0.288 e. The van der Waals surface area contributed by atoms with E-state index >= 15 is 0 Å². The Balaban J connectivity index is 2.22. The first-order valence-electron chi connectivity index (χ1n) is 5.85. The predicted molar refractivity (Wildman–Crippen MR) is 78.8 cm³/mol. The van der Waals surface area contributed by atoms with E-state index in [0.717, 1.165) is 10.7 Å². The lowest BCUT2D eigenvalue weighted by Crippen LogP contribution is -2.10. The maximum atomic E-state index is 12.1. The molecule has 2 aromatic heterocycles. The Labute approximate surface area is 120 Å². The zero-order valence-corrected chi connectivity index (χ0v) is 12.9. The molecule has 0 aliphatic heterocycles. The summed E-state index contributed by atoms with van der Waals surface area (Å²) >= 11 is 2.73. The molecule has 0 radical (unpaired) electrons. The van der Waals surface area contributed by atoms with Gasteiger partial charge in [0.2, 0.25) is 0 Å². The van der Waals surface area contributed by atoms with E-state index in [1.165, 1.54) is 28.9 Å². The largest absolute Gasteiger partial charge is 0.288 e. The number of rotatable bonds is 3. The van der Waals surface area contributed by atoms with Gasteiger partial charge in [-0.1, -0.05) is 25.3 Å². The van der Waals surface area contributed by atoms with Gasteiger partial charge in [-0.05, 0) is 30.6 Å². The van der Waals surface area contributed by atoms with Crippen molar-refractivity contribution >= 4 is 34.7 Å². The standard InChI is InChI=1S/C13H15N3OS2/c1-8-11(19-12(14-8)13(2,3)4)10(17)6-5-9-7-18-16-15-9/h5-7H,1-4H3. The molecule has 0 atom stereocenters. The summed E-state index contributed by atoms with van der Waals surface area (Å²) in [6.45, 7) is 8.15. The van der Waals surface area contributed by atoms with Gasteiger partial charge in [0.15, 0.2) is 5.78 Å². The van der Waals surface area contributed by atoms with Crippen LogP contribution >= 0.6 is 22.9 Å². The molecule has 2 aromatic rings. The number of hydrogen-bond donors (Lipinski definition) is 0. The molecule has 0 spiro atoms. The molecule has 2 rings (SSSR count). The summed E-state index contributed by atoms with van der Waals surface area (Å²) in [7, 11) is 0. The van der Waals surface area contributed by atoms with Crippen molar-refractivity contribution < 1.29 is 4.79 Å². The lowest BCUT2D eigenvalue weighted by atomic mass is 9.98. The van der Waals surface area contributed by atoms with E-state index in [1.54, 1.807) is 11.5 Å². The number of carbonyl (C=O) groups is 1. The summed E-state index contributed by atoms with van der Waals surface area (Å²) in [6.07, 6.45) is 3.21. The highest BCUT2D eigenvalue weighted by Gasteiger charge is 2.22. The van der Waals surface area contributed by atoms with E-state index in [-0.39, 0.29) is 11.2 Å². The molecule has 0 unspecified atom stereocenters. The molecular formula is C13H15N3OS2. The zero-order chi connectivity index (χ0) is 14.0. The average Bonchev–Trinajstić information content (AvgIpc) is 2.93. The third kappa shape index (κ3) is 3.33. The van der Waals surface area contributed by atoms with E-state index in [9.17, 15) is 4.79 Å². The first kappa shape index (κ1) is 14.0. The van der Waals surface area contributed by atoms with Crippen LogP contribution in [-0.4, -0.2) is 20.4 Å². The summed E-state index contributed by atoms with van der Waals surface area (Å²) in [5.74, 6) is -0.0292. The molecule has 2 heterocycles. The zero-order valence-electron chi connectivity index (χ0n) is 11.3. The van der Waals surface area contributed by atoms with Gasteiger partial charge in [-0.2, -0.15) is 0 Å². The summed E-state index contributed by atoms with van der Waals surface area (Å²) < 4.78 is 3.75. The van der Waals surface area contributed by atoms with Crippen molar-refractivity contribution in [3.8, 4) is 0 Å². The predicted octanol–water partition coefficient (Wildman–Crippen LogP) is 3.50. The molecule has 0 saturated heterocycles. The topological polar surface area (TPSA) is 55.7 Å². The maximum Gasteiger partial charge on any atom is 0.197 e. The van der Waals surface area contributed by atoms with Crippen LogP contribution in [0.5, 0.6) is 0 Å². The van der Waals surface area contributed by atoms with Gasteiger partial charge >= 0.3 is 0 Å². The van der Waals surface area contributed by atoms with E-state index < -0.39 is 0 Å². The van der Waals surface area contributed by atoms with Crippen molar-refractivity contribution in [3.63, 3.8) is 0 Å². The minimum atomic E-state index is -0.0312. The summed E-state index contributed by atoms with van der Waals surface area (Å²) in [4.78, 5) is 17.3. The SMILES string of the molecule is Cc1nc(C(C)(C)C)sc1C(=O)C=Cc1csnn1. The van der Waals surface area contributed by atoms with Gasteiger partial charge in [0.1, 0.15) is 0 Å². The monoisotopic (exact) mass is 293 g/mol. The Bertz CT molecular complexity index is 606. The van der Waals surface area contributed by atoms with Crippen molar-refractivity contribution in [1.29, 1.82) is 0 Å². The number of aromatic nitrogens is 3. The Morgan fingerprint density at radius 3 is 2.63 bits per heavy atom. The fraction of sp³-hybridized carbons (Fsp3) is 0.385. The molecule has 19 heavy (non-hydrogen) atoms. The second-order valence-electron chi connectivity index (χ2n) is 5.21. The highest BCUT2D eigenvalue weighted by atomic mass is 32.1. The second-order valence-corrected chi connectivity index (χ2v) is 6.82.